The largest absolute Gasteiger partial charge is 0.472 e. The maximum Gasteiger partial charge on any atom is 0.472 e. The van der Waals surface area contributed by atoms with Crippen LogP contribution in [0.15, 0.2) is 48.6 Å². The van der Waals surface area contributed by atoms with Crippen molar-refractivity contribution < 1.29 is 32.9 Å². The molecule has 3 unspecified atom stereocenters. The summed E-state index contributed by atoms with van der Waals surface area (Å²) in [7, 11) is 1.56. The van der Waals surface area contributed by atoms with Gasteiger partial charge in [-0.3, -0.25) is 13.8 Å². The molecule has 0 saturated heterocycles. The van der Waals surface area contributed by atoms with Gasteiger partial charge in [-0.15, -0.1) is 0 Å². The van der Waals surface area contributed by atoms with Crippen molar-refractivity contribution in [2.24, 2.45) is 0 Å². The van der Waals surface area contributed by atoms with Gasteiger partial charge in [-0.1, -0.05) is 281 Å². The number of hydrogen-bond donors (Lipinski definition) is 3. The summed E-state index contributed by atoms with van der Waals surface area (Å²) in [4.78, 5) is 23.3. The molecule has 0 aliphatic carbocycles. The maximum atomic E-state index is 13.0. The number of rotatable bonds is 58. The van der Waals surface area contributed by atoms with Gasteiger partial charge in [0.25, 0.3) is 0 Å². The first-order chi connectivity index (χ1) is 35.5. The fraction of sp³-hybridized carbons (Fsp3) is 0.859. The molecule has 73 heavy (non-hydrogen) atoms. The summed E-state index contributed by atoms with van der Waals surface area (Å²) >= 11 is 0. The van der Waals surface area contributed by atoms with Crippen LogP contribution in [0.5, 0.6) is 0 Å². The number of carbonyl (C=O) groups is 1. The lowest BCUT2D eigenvalue weighted by Crippen LogP contribution is -2.45. The summed E-state index contributed by atoms with van der Waals surface area (Å²) in [6.07, 6.45) is 73.8. The number of aliphatic hydroxyl groups excluding tert-OH is 1. The van der Waals surface area contributed by atoms with E-state index in [1.165, 1.54) is 238 Å². The van der Waals surface area contributed by atoms with Crippen LogP contribution in [0.25, 0.3) is 0 Å². The van der Waals surface area contributed by atoms with Crippen LogP contribution >= 0.6 is 7.82 Å². The molecule has 0 aromatic carbocycles. The van der Waals surface area contributed by atoms with Crippen LogP contribution in [-0.2, 0) is 18.4 Å². The van der Waals surface area contributed by atoms with Crippen LogP contribution in [0.2, 0.25) is 0 Å². The van der Waals surface area contributed by atoms with E-state index in [0.29, 0.717) is 17.4 Å². The van der Waals surface area contributed by atoms with Crippen LogP contribution in [0, 0.1) is 0 Å². The normalized spacial score (nSPS) is 14.1. The van der Waals surface area contributed by atoms with Crippen LogP contribution < -0.4 is 5.32 Å². The molecule has 1 amide bonds. The molecule has 9 heteroatoms. The number of phosphoric ester groups is 1. The highest BCUT2D eigenvalue weighted by molar-refractivity contribution is 7.47. The maximum absolute atomic E-state index is 13.0. The molecule has 0 aliphatic rings. The summed E-state index contributed by atoms with van der Waals surface area (Å²) < 4.78 is 23.7. The molecule has 3 atom stereocenters. The minimum atomic E-state index is -4.36. The van der Waals surface area contributed by atoms with Crippen molar-refractivity contribution in [1.29, 1.82) is 0 Å². The molecule has 3 N–H and O–H groups in total. The van der Waals surface area contributed by atoms with Gasteiger partial charge in [0.05, 0.1) is 39.9 Å². The molecule has 0 aromatic heterocycles. The minimum Gasteiger partial charge on any atom is -0.387 e. The predicted octanol–water partition coefficient (Wildman–Crippen LogP) is 19.5. The summed E-state index contributed by atoms with van der Waals surface area (Å²) in [6, 6.07) is -0.864. The second-order valence-corrected chi connectivity index (χ2v) is 24.2. The van der Waals surface area contributed by atoms with E-state index < -0.39 is 20.0 Å². The van der Waals surface area contributed by atoms with E-state index in [2.05, 4.69) is 55.6 Å². The van der Waals surface area contributed by atoms with E-state index in [9.17, 15) is 19.4 Å². The number of quaternary nitrogens is 1. The third-order valence-corrected chi connectivity index (χ3v) is 15.3. The number of hydrogen-bond acceptors (Lipinski definition) is 5. The lowest BCUT2D eigenvalue weighted by atomic mass is 10.0. The molecule has 0 spiro atoms. The first kappa shape index (κ1) is 71.5. The molecule has 0 bridgehead atoms. The molecule has 0 aromatic rings. The van der Waals surface area contributed by atoms with E-state index in [1.807, 2.05) is 27.2 Å². The van der Waals surface area contributed by atoms with Gasteiger partial charge in [0.2, 0.25) is 5.91 Å². The Morgan fingerprint density at radius 2 is 0.795 bits per heavy atom. The number of likely N-dealkylation sites (N-methyl/N-ethyl adjacent to an activating group) is 1. The van der Waals surface area contributed by atoms with E-state index in [4.69, 9.17) is 9.05 Å². The van der Waals surface area contributed by atoms with Gasteiger partial charge >= 0.3 is 7.82 Å². The number of allylic oxidation sites excluding steroid dienone is 7. The Balaban J connectivity index is 4.15. The fourth-order valence-electron chi connectivity index (χ4n) is 9.33. The van der Waals surface area contributed by atoms with Gasteiger partial charge in [-0.25, -0.2) is 4.57 Å². The Hall–Kier alpha value is -1.54. The summed E-state index contributed by atoms with van der Waals surface area (Å²) in [6.45, 7) is 4.82. The Bertz CT molecular complexity index is 1330. The van der Waals surface area contributed by atoms with E-state index >= 15 is 0 Å². The minimum absolute atomic E-state index is 0.0567. The average molecular weight is 1050 g/mol. The molecule has 0 heterocycles. The topological polar surface area (TPSA) is 105 Å². The zero-order valence-electron chi connectivity index (χ0n) is 49.1. The van der Waals surface area contributed by atoms with Gasteiger partial charge in [0.1, 0.15) is 13.2 Å². The number of nitrogens with one attached hydrogen (secondary N) is 1. The van der Waals surface area contributed by atoms with Gasteiger partial charge in [0.15, 0.2) is 0 Å². The number of phosphoric acid groups is 1. The number of aliphatic hydroxyl groups is 1. The lowest BCUT2D eigenvalue weighted by molar-refractivity contribution is -0.870. The third-order valence-electron chi connectivity index (χ3n) is 14.3. The molecule has 0 radical (unpaired) electrons. The molecule has 0 saturated carbocycles. The molecule has 0 fully saturated rings. The van der Waals surface area contributed by atoms with Crippen molar-refractivity contribution in [2.45, 2.75) is 315 Å². The average Bonchev–Trinajstić information content (AvgIpc) is 3.35. The first-order valence-corrected chi connectivity index (χ1v) is 33.0. The van der Waals surface area contributed by atoms with Crippen LogP contribution in [0.3, 0.4) is 0 Å². The highest BCUT2D eigenvalue weighted by atomic mass is 31.2. The monoisotopic (exact) mass is 1050 g/mol. The Morgan fingerprint density at radius 1 is 0.466 bits per heavy atom. The third kappa shape index (κ3) is 58.0. The molecular formula is C64H124N2O6P+. The zero-order chi connectivity index (χ0) is 53.5. The predicted molar refractivity (Wildman–Crippen MR) is 318 cm³/mol. The highest BCUT2D eigenvalue weighted by Gasteiger charge is 2.27. The smallest absolute Gasteiger partial charge is 0.387 e. The molecular weight excluding hydrogens is 924 g/mol. The number of unbranched alkanes of at least 4 members (excludes halogenated alkanes) is 39. The van der Waals surface area contributed by atoms with Crippen molar-refractivity contribution in [3.05, 3.63) is 48.6 Å². The molecule has 430 valence electrons. The summed E-state index contributed by atoms with van der Waals surface area (Å²) in [5, 5.41) is 14.0. The summed E-state index contributed by atoms with van der Waals surface area (Å²) in [5.41, 5.74) is 0. The van der Waals surface area contributed by atoms with Crippen molar-refractivity contribution in [3.8, 4) is 0 Å². The zero-order valence-corrected chi connectivity index (χ0v) is 50.0. The van der Waals surface area contributed by atoms with Gasteiger partial charge < -0.3 is 19.8 Å². The van der Waals surface area contributed by atoms with Crippen LogP contribution in [0.1, 0.15) is 303 Å². The molecule has 0 rings (SSSR count). The quantitative estimate of drug-likeness (QED) is 0.0243. The first-order valence-electron chi connectivity index (χ1n) is 31.5. The van der Waals surface area contributed by atoms with Gasteiger partial charge in [-0.2, -0.15) is 0 Å². The van der Waals surface area contributed by atoms with Crippen molar-refractivity contribution in [2.75, 3.05) is 40.9 Å². The Labute approximate surface area is 454 Å². The number of carbonyl (C=O) groups excluding carboxylic acids is 1. The second-order valence-electron chi connectivity index (χ2n) is 22.8. The van der Waals surface area contributed by atoms with Crippen molar-refractivity contribution in [1.82, 2.24) is 5.32 Å². The number of amides is 1. The standard InChI is InChI=1S/C64H123N2O6P/c1-6-8-10-12-14-16-18-20-22-24-26-28-30-31-32-33-34-35-36-38-40-42-44-46-48-50-52-54-56-58-64(68)65-62(61-72-73(69,70)71-60-59-66(3,4)5)63(67)57-55-53-51-49-47-45-43-41-39-37-29-27-25-23-21-19-17-15-13-11-9-7-2/h18,20,24,26,47,49,55,57,62-63,67H,6-17,19,21-23,25,27-46,48,50-54,56,58-61H2,1-5H3,(H-,65,68,69,70)/p+1/b20-18-,26-24-,49-47+,57-55+. The SMILES string of the molecule is CCCCCCC/C=C\C/C=C\CCCCCCCCCCCCCCCCCCCC(=O)NC(COP(=O)(O)OCC[N+](C)(C)C)C(O)/C=C/CC/C=C/CCCCCCCCCCCCCCCCCC. The fourth-order valence-corrected chi connectivity index (χ4v) is 10.1. The number of nitrogens with zero attached hydrogens (tertiary/aromatic N) is 1. The van der Waals surface area contributed by atoms with Crippen LogP contribution in [0.4, 0.5) is 0 Å². The van der Waals surface area contributed by atoms with Crippen LogP contribution in [-0.4, -0.2) is 73.4 Å². The Morgan fingerprint density at radius 3 is 1.18 bits per heavy atom. The van der Waals surface area contributed by atoms with E-state index in [1.54, 1.807) is 6.08 Å². The van der Waals surface area contributed by atoms with E-state index in [-0.39, 0.29) is 19.1 Å². The molecule has 0 aliphatic heterocycles. The van der Waals surface area contributed by atoms with E-state index in [0.717, 1.165) is 44.9 Å². The van der Waals surface area contributed by atoms with Gasteiger partial charge in [0, 0.05) is 6.42 Å². The van der Waals surface area contributed by atoms with Crippen molar-refractivity contribution in [3.63, 3.8) is 0 Å². The Kier molecular flexibility index (Phi) is 54.1. The lowest BCUT2D eigenvalue weighted by Gasteiger charge is -2.25. The second kappa shape index (κ2) is 55.2. The van der Waals surface area contributed by atoms with Gasteiger partial charge in [-0.05, 0) is 64.2 Å². The highest BCUT2D eigenvalue weighted by Crippen LogP contribution is 2.43. The van der Waals surface area contributed by atoms with Crippen molar-refractivity contribution >= 4 is 13.7 Å². The summed E-state index contributed by atoms with van der Waals surface area (Å²) in [5.74, 6) is -0.183. The molecule has 8 nitrogen and oxygen atoms in total.